The molecule has 1 aromatic carbocycles. The van der Waals surface area contributed by atoms with Crippen LogP contribution in [0.15, 0.2) is 23.0 Å². The molecule has 1 atom stereocenters. The summed E-state index contributed by atoms with van der Waals surface area (Å²) >= 11 is 0. The van der Waals surface area contributed by atoms with Crippen molar-refractivity contribution in [3.05, 3.63) is 35.4 Å². The van der Waals surface area contributed by atoms with Gasteiger partial charge < -0.3 is 0 Å². The Hall–Kier alpha value is -1.15. The summed E-state index contributed by atoms with van der Waals surface area (Å²) in [6.07, 6.45) is 1.16. The van der Waals surface area contributed by atoms with Crippen LogP contribution in [0.3, 0.4) is 0 Å². The second-order valence-corrected chi connectivity index (χ2v) is 3.54. The van der Waals surface area contributed by atoms with E-state index in [1.54, 1.807) is 0 Å². The van der Waals surface area contributed by atoms with Gasteiger partial charge in [-0.25, -0.2) is 8.78 Å². The van der Waals surface area contributed by atoms with Crippen molar-refractivity contribution in [1.29, 1.82) is 0 Å². The maximum absolute atomic E-state index is 13.3. The molecule has 0 spiro atoms. The van der Waals surface area contributed by atoms with Crippen LogP contribution in [-0.4, -0.2) is 11.5 Å². The summed E-state index contributed by atoms with van der Waals surface area (Å²) in [6.45, 7) is 1.88. The Kier molecular flexibility index (Phi) is 4.69. The summed E-state index contributed by atoms with van der Waals surface area (Å²) in [4.78, 5) is 11.8. The summed E-state index contributed by atoms with van der Waals surface area (Å²) in [5.41, 5.74) is -0.0355. The monoisotopic (exact) mass is 243 g/mol. The van der Waals surface area contributed by atoms with Crippen molar-refractivity contribution >= 4 is 20.9 Å². The molecule has 1 rings (SSSR count). The second-order valence-electron chi connectivity index (χ2n) is 3.28. The first-order valence-corrected chi connectivity index (χ1v) is 5.38. The number of rotatable bonds is 4. The minimum atomic E-state index is -0.728. The van der Waals surface area contributed by atoms with Gasteiger partial charge in [0.05, 0.1) is 11.3 Å². The van der Waals surface area contributed by atoms with Crippen LogP contribution < -0.4 is 0 Å². The number of carbonyl (C=O) groups excluding carboxylic acids is 1. The number of nitrogens with zero attached hydrogens (tertiary/aromatic N) is 1. The molecule has 0 radical (unpaired) electrons. The molecule has 0 N–H and O–H groups in total. The zero-order valence-electron chi connectivity index (χ0n) is 8.84. The topological polar surface area (TPSA) is 29.4 Å². The van der Waals surface area contributed by atoms with E-state index >= 15 is 0 Å². The van der Waals surface area contributed by atoms with Gasteiger partial charge >= 0.3 is 0 Å². The van der Waals surface area contributed by atoms with E-state index in [1.807, 2.05) is 6.92 Å². The number of ketones is 1. The van der Waals surface area contributed by atoms with Crippen molar-refractivity contribution in [3.8, 4) is 0 Å². The Bertz CT molecular complexity index is 432. The van der Waals surface area contributed by atoms with Crippen LogP contribution in [0.4, 0.5) is 8.78 Å². The van der Waals surface area contributed by atoms with Crippen molar-refractivity contribution in [2.75, 3.05) is 0 Å². The summed E-state index contributed by atoms with van der Waals surface area (Å²) in [7, 11) is 2.07. The van der Waals surface area contributed by atoms with E-state index in [4.69, 9.17) is 0 Å². The molecule has 0 saturated heterocycles. The zero-order chi connectivity index (χ0) is 12.1. The Morgan fingerprint density at radius 3 is 2.69 bits per heavy atom. The number of halogens is 2. The quantitative estimate of drug-likeness (QED) is 0.453. The highest BCUT2D eigenvalue weighted by Crippen LogP contribution is 2.13. The van der Waals surface area contributed by atoms with Gasteiger partial charge in [0.1, 0.15) is 11.6 Å². The van der Waals surface area contributed by atoms with Gasteiger partial charge in [-0.1, -0.05) is 13.3 Å². The van der Waals surface area contributed by atoms with Crippen LogP contribution in [0.25, 0.3) is 0 Å². The van der Waals surface area contributed by atoms with E-state index in [0.717, 1.165) is 24.6 Å². The van der Waals surface area contributed by atoms with Crippen molar-refractivity contribution < 1.29 is 13.6 Å². The van der Waals surface area contributed by atoms with E-state index in [0.29, 0.717) is 6.42 Å². The Balaban J connectivity index is 3.08. The fraction of sp³-hybridized carbons (Fsp3) is 0.273. The van der Waals surface area contributed by atoms with Gasteiger partial charge in [0, 0.05) is 0 Å². The van der Waals surface area contributed by atoms with Crippen LogP contribution in [0, 0.1) is 11.6 Å². The predicted octanol–water partition coefficient (Wildman–Crippen LogP) is 3.18. The smallest absolute Gasteiger partial charge is 0.210 e. The average Bonchev–Trinajstić information content (AvgIpc) is 2.28. The Labute approximate surface area is 95.0 Å². The molecule has 0 aliphatic heterocycles. The second kappa shape index (κ2) is 5.80. The molecular weight excluding hydrogens is 231 g/mol. The minimum absolute atomic E-state index is 0.233. The highest BCUT2D eigenvalue weighted by Gasteiger charge is 2.17. The minimum Gasteiger partial charge on any atom is -0.287 e. The Morgan fingerprint density at radius 2 is 2.12 bits per heavy atom. The van der Waals surface area contributed by atoms with Crippen LogP contribution >= 0.6 is 9.39 Å². The molecule has 0 aromatic heterocycles. The summed E-state index contributed by atoms with van der Waals surface area (Å²) in [6, 6.07) is 2.81. The van der Waals surface area contributed by atoms with E-state index in [2.05, 4.69) is 14.2 Å². The molecule has 16 heavy (non-hydrogen) atoms. The fourth-order valence-electron chi connectivity index (χ4n) is 1.30. The lowest BCUT2D eigenvalue weighted by atomic mass is 10.0. The van der Waals surface area contributed by atoms with E-state index < -0.39 is 17.4 Å². The van der Waals surface area contributed by atoms with Crippen molar-refractivity contribution in [3.63, 3.8) is 0 Å². The molecule has 0 amide bonds. The van der Waals surface area contributed by atoms with Gasteiger partial charge in [0.2, 0.25) is 5.78 Å². The van der Waals surface area contributed by atoms with Gasteiger partial charge in [-0.15, -0.1) is 0 Å². The maximum atomic E-state index is 13.3. The molecule has 2 nitrogen and oxygen atoms in total. The SMILES string of the molecule is CCCC(=NP)C(=O)c1cc(F)ccc1F. The standard InChI is InChI=1S/C11H12F2NOP/c1-2-3-10(14-16)11(15)8-6-7(12)4-5-9(8)13/h4-6H,2-3,16H2,1H3. The molecule has 0 aliphatic rings. The van der Waals surface area contributed by atoms with Gasteiger partial charge in [-0.2, -0.15) is 0 Å². The highest BCUT2D eigenvalue weighted by molar-refractivity contribution is 7.15. The van der Waals surface area contributed by atoms with Gasteiger partial charge in [0.15, 0.2) is 0 Å². The lowest BCUT2D eigenvalue weighted by Gasteiger charge is -2.04. The number of hydrogen-bond acceptors (Lipinski definition) is 2. The fourth-order valence-corrected chi connectivity index (χ4v) is 1.55. The van der Waals surface area contributed by atoms with Gasteiger partial charge in [0.25, 0.3) is 0 Å². The lowest BCUT2D eigenvalue weighted by molar-refractivity contribution is 0.106. The molecule has 1 aromatic rings. The molecule has 86 valence electrons. The third-order valence-electron chi connectivity index (χ3n) is 2.08. The normalized spacial score (nSPS) is 11.6. The molecule has 0 saturated carbocycles. The first-order chi connectivity index (χ1) is 7.60. The largest absolute Gasteiger partial charge is 0.287 e. The average molecular weight is 243 g/mol. The number of benzene rings is 1. The van der Waals surface area contributed by atoms with E-state index in [1.165, 1.54) is 0 Å². The van der Waals surface area contributed by atoms with Gasteiger partial charge in [-0.05, 0) is 34.0 Å². The highest BCUT2D eigenvalue weighted by atomic mass is 31.0. The predicted molar refractivity (Wildman–Crippen MR) is 62.7 cm³/mol. The number of hydrogen-bond donors (Lipinski definition) is 0. The lowest BCUT2D eigenvalue weighted by Crippen LogP contribution is -2.15. The first-order valence-electron chi connectivity index (χ1n) is 4.86. The van der Waals surface area contributed by atoms with Crippen molar-refractivity contribution in [2.24, 2.45) is 4.76 Å². The van der Waals surface area contributed by atoms with Crippen LogP contribution in [0.5, 0.6) is 0 Å². The van der Waals surface area contributed by atoms with E-state index in [9.17, 15) is 13.6 Å². The third-order valence-corrected chi connectivity index (χ3v) is 2.39. The molecule has 0 heterocycles. The zero-order valence-corrected chi connectivity index (χ0v) is 9.99. The Morgan fingerprint density at radius 1 is 1.44 bits per heavy atom. The number of Topliss-reactive ketones (excluding diaryl/α,β-unsaturated/α-hetero) is 1. The first kappa shape index (κ1) is 12.9. The van der Waals surface area contributed by atoms with Crippen molar-refractivity contribution in [1.82, 2.24) is 0 Å². The van der Waals surface area contributed by atoms with Crippen LogP contribution in [0.1, 0.15) is 30.1 Å². The summed E-state index contributed by atoms with van der Waals surface area (Å²) < 4.78 is 29.9. The number of carbonyl (C=O) groups is 1. The maximum Gasteiger partial charge on any atom is 0.210 e. The molecule has 0 fully saturated rings. The summed E-state index contributed by atoms with van der Waals surface area (Å²) in [5, 5.41) is 0. The third kappa shape index (κ3) is 2.92. The van der Waals surface area contributed by atoms with E-state index in [-0.39, 0.29) is 11.3 Å². The molecule has 0 bridgehead atoms. The molecule has 1 unspecified atom stereocenters. The molecular formula is C11H12F2NOP. The molecule has 5 heteroatoms. The van der Waals surface area contributed by atoms with Crippen LogP contribution in [-0.2, 0) is 0 Å². The van der Waals surface area contributed by atoms with Crippen molar-refractivity contribution in [2.45, 2.75) is 19.8 Å². The van der Waals surface area contributed by atoms with Gasteiger partial charge in [-0.3, -0.25) is 9.56 Å². The summed E-state index contributed by atoms with van der Waals surface area (Å²) in [5.74, 6) is -1.92. The molecule has 0 aliphatic carbocycles. The van der Waals surface area contributed by atoms with Crippen LogP contribution in [0.2, 0.25) is 0 Å².